The smallest absolute Gasteiger partial charge is 0.243 e. The van der Waals surface area contributed by atoms with E-state index >= 15 is 0 Å². The molecule has 154 valence electrons. The van der Waals surface area contributed by atoms with Gasteiger partial charge < -0.3 is 4.90 Å². The molecule has 0 radical (unpaired) electrons. The minimum atomic E-state index is -3.72. The number of hydrogen-bond acceptors (Lipinski definition) is 5. The van der Waals surface area contributed by atoms with E-state index in [4.69, 9.17) is 0 Å². The van der Waals surface area contributed by atoms with Crippen LogP contribution in [0.5, 0.6) is 0 Å². The van der Waals surface area contributed by atoms with Crippen LogP contribution in [0.1, 0.15) is 39.2 Å². The van der Waals surface area contributed by atoms with Gasteiger partial charge in [0, 0.05) is 12.6 Å². The van der Waals surface area contributed by atoms with E-state index in [9.17, 15) is 16.8 Å². The fourth-order valence-electron chi connectivity index (χ4n) is 3.52. The van der Waals surface area contributed by atoms with Crippen molar-refractivity contribution in [3.05, 3.63) is 29.8 Å². The van der Waals surface area contributed by atoms with Crippen molar-refractivity contribution in [3.8, 4) is 0 Å². The van der Waals surface area contributed by atoms with Gasteiger partial charge in [0.2, 0.25) is 10.0 Å². The van der Waals surface area contributed by atoms with Crippen LogP contribution in [-0.4, -0.2) is 69.8 Å². The summed E-state index contributed by atoms with van der Waals surface area (Å²) in [6.07, 6.45) is 1.90. The average molecular weight is 417 g/mol. The Morgan fingerprint density at radius 3 is 2.15 bits per heavy atom. The van der Waals surface area contributed by atoms with E-state index in [-0.39, 0.29) is 16.4 Å². The first-order valence-electron chi connectivity index (χ1n) is 9.77. The Balaban J connectivity index is 2.24. The number of rotatable bonds is 10. The molecule has 6 nitrogen and oxygen atoms in total. The summed E-state index contributed by atoms with van der Waals surface area (Å²) in [5.41, 5.74) is 1.07. The van der Waals surface area contributed by atoms with Gasteiger partial charge >= 0.3 is 0 Å². The topological polar surface area (TPSA) is 74.8 Å². The molecule has 0 N–H and O–H groups in total. The van der Waals surface area contributed by atoms with Crippen molar-refractivity contribution >= 4 is 19.9 Å². The van der Waals surface area contributed by atoms with Gasteiger partial charge in [0.15, 0.2) is 9.84 Å². The number of sulfonamides is 1. The Hall–Kier alpha value is -0.960. The Morgan fingerprint density at radius 1 is 1.04 bits per heavy atom. The highest BCUT2D eigenvalue weighted by molar-refractivity contribution is 7.92. The van der Waals surface area contributed by atoms with Gasteiger partial charge in [0.25, 0.3) is 0 Å². The molecule has 1 aromatic carbocycles. The molecule has 1 aromatic rings. The van der Waals surface area contributed by atoms with Crippen molar-refractivity contribution < 1.29 is 16.8 Å². The molecule has 0 spiro atoms. The maximum atomic E-state index is 13.3. The zero-order chi connectivity index (χ0) is 20.1. The number of hydrogen-bond donors (Lipinski definition) is 0. The van der Waals surface area contributed by atoms with E-state index in [1.54, 1.807) is 12.1 Å². The van der Waals surface area contributed by atoms with Crippen LogP contribution in [-0.2, 0) is 26.3 Å². The predicted octanol–water partition coefficient (Wildman–Crippen LogP) is 2.16. The molecule has 1 aliphatic rings. The van der Waals surface area contributed by atoms with Gasteiger partial charge in [-0.2, -0.15) is 4.31 Å². The van der Waals surface area contributed by atoms with Crippen LogP contribution in [0.25, 0.3) is 0 Å². The maximum Gasteiger partial charge on any atom is 0.243 e. The van der Waals surface area contributed by atoms with Crippen LogP contribution in [0, 0.1) is 0 Å². The van der Waals surface area contributed by atoms with Crippen LogP contribution >= 0.6 is 0 Å². The summed E-state index contributed by atoms with van der Waals surface area (Å²) in [5.74, 6) is -0.0148. The van der Waals surface area contributed by atoms with E-state index < -0.39 is 25.9 Å². The second-order valence-electron chi connectivity index (χ2n) is 7.05. The van der Waals surface area contributed by atoms with Crippen LogP contribution in [0.4, 0.5) is 0 Å². The normalized spacial score (nSPS) is 19.8. The van der Waals surface area contributed by atoms with E-state index in [1.165, 1.54) is 4.31 Å². The monoisotopic (exact) mass is 416 g/mol. The van der Waals surface area contributed by atoms with E-state index in [0.29, 0.717) is 19.4 Å². The largest absolute Gasteiger partial charge is 0.304 e. The highest BCUT2D eigenvalue weighted by Gasteiger charge is 2.38. The van der Waals surface area contributed by atoms with E-state index in [0.717, 1.165) is 31.6 Å². The minimum absolute atomic E-state index is 0.0640. The number of nitrogens with zero attached hydrogens (tertiary/aromatic N) is 2. The Kier molecular flexibility index (Phi) is 7.85. The first-order chi connectivity index (χ1) is 12.7. The summed E-state index contributed by atoms with van der Waals surface area (Å²) in [6.45, 7) is 9.15. The third kappa shape index (κ3) is 5.76. The predicted molar refractivity (Wildman–Crippen MR) is 109 cm³/mol. The molecule has 1 aliphatic heterocycles. The summed E-state index contributed by atoms with van der Waals surface area (Å²) in [6, 6.07) is 6.45. The van der Waals surface area contributed by atoms with Crippen molar-refractivity contribution in [1.82, 2.24) is 9.21 Å². The second kappa shape index (κ2) is 9.49. The summed E-state index contributed by atoms with van der Waals surface area (Å²) < 4.78 is 51.8. The molecular formula is C19H32N2O4S2. The summed E-state index contributed by atoms with van der Waals surface area (Å²) in [7, 11) is -6.88. The first-order valence-corrected chi connectivity index (χ1v) is 13.0. The van der Waals surface area contributed by atoms with Gasteiger partial charge in [-0.1, -0.05) is 32.9 Å². The van der Waals surface area contributed by atoms with Gasteiger partial charge in [-0.15, -0.1) is 0 Å². The van der Waals surface area contributed by atoms with Crippen LogP contribution < -0.4 is 0 Å². The van der Waals surface area contributed by atoms with E-state index in [2.05, 4.69) is 18.7 Å². The van der Waals surface area contributed by atoms with Crippen molar-refractivity contribution in [1.29, 1.82) is 0 Å². The third-order valence-electron chi connectivity index (χ3n) is 5.30. The van der Waals surface area contributed by atoms with E-state index in [1.807, 2.05) is 19.1 Å². The lowest BCUT2D eigenvalue weighted by atomic mass is 10.2. The number of sulfone groups is 1. The van der Waals surface area contributed by atoms with Crippen molar-refractivity contribution in [3.63, 3.8) is 0 Å². The van der Waals surface area contributed by atoms with Gasteiger partial charge in [-0.05, 0) is 56.6 Å². The molecule has 1 fully saturated rings. The van der Waals surface area contributed by atoms with Crippen LogP contribution in [0.15, 0.2) is 29.2 Å². The zero-order valence-corrected chi connectivity index (χ0v) is 18.2. The zero-order valence-electron chi connectivity index (χ0n) is 16.6. The molecule has 0 aliphatic carbocycles. The maximum absolute atomic E-state index is 13.3. The summed E-state index contributed by atoms with van der Waals surface area (Å²) in [5, 5.41) is 0. The standard InChI is InChI=1S/C19H32N2O4S2/c1-4-17-8-10-19(11-9-17)27(24,25)21(14-7-13-20(5-2)6-3)18-12-15-26(22,23)16-18/h8-11,18H,4-7,12-16H2,1-3H3/t18-/m1/s1. The first kappa shape index (κ1) is 22.3. The van der Waals surface area contributed by atoms with Crippen molar-refractivity contribution in [2.45, 2.75) is 51.0 Å². The molecule has 1 saturated heterocycles. The molecule has 27 heavy (non-hydrogen) atoms. The molecule has 0 saturated carbocycles. The quantitative estimate of drug-likeness (QED) is 0.584. The lowest BCUT2D eigenvalue weighted by molar-refractivity contribution is 0.269. The summed E-state index contributed by atoms with van der Waals surface area (Å²) >= 11 is 0. The number of aryl methyl sites for hydroxylation is 1. The highest BCUT2D eigenvalue weighted by Crippen LogP contribution is 2.25. The fourth-order valence-corrected chi connectivity index (χ4v) is 7.04. The van der Waals surface area contributed by atoms with Gasteiger partial charge in [-0.25, -0.2) is 16.8 Å². The van der Waals surface area contributed by atoms with Gasteiger partial charge in [0.05, 0.1) is 16.4 Å². The van der Waals surface area contributed by atoms with Crippen molar-refractivity contribution in [2.24, 2.45) is 0 Å². The fraction of sp³-hybridized carbons (Fsp3) is 0.684. The number of benzene rings is 1. The average Bonchev–Trinajstić information content (AvgIpc) is 3.01. The van der Waals surface area contributed by atoms with Crippen LogP contribution in [0.2, 0.25) is 0 Å². The minimum Gasteiger partial charge on any atom is -0.304 e. The van der Waals surface area contributed by atoms with Gasteiger partial charge in [0.1, 0.15) is 0 Å². The third-order valence-corrected chi connectivity index (χ3v) is 9.02. The second-order valence-corrected chi connectivity index (χ2v) is 11.2. The summed E-state index contributed by atoms with van der Waals surface area (Å²) in [4.78, 5) is 2.48. The van der Waals surface area contributed by atoms with Gasteiger partial charge in [-0.3, -0.25) is 0 Å². The highest BCUT2D eigenvalue weighted by atomic mass is 32.2. The molecule has 0 aromatic heterocycles. The molecule has 1 atom stereocenters. The van der Waals surface area contributed by atoms with Crippen LogP contribution in [0.3, 0.4) is 0 Å². The Labute approximate surface area is 164 Å². The lowest BCUT2D eigenvalue weighted by Gasteiger charge is -2.28. The molecule has 2 rings (SSSR count). The Morgan fingerprint density at radius 2 is 1.67 bits per heavy atom. The molecule has 0 unspecified atom stereocenters. The lowest BCUT2D eigenvalue weighted by Crippen LogP contribution is -2.42. The molecule has 1 heterocycles. The Bertz CT molecular complexity index is 801. The SMILES string of the molecule is CCc1ccc(S(=O)(=O)N(CCCN(CC)CC)[C@@H]2CCS(=O)(=O)C2)cc1. The molecular weight excluding hydrogens is 384 g/mol. The molecule has 0 bridgehead atoms. The molecule has 8 heteroatoms. The molecule has 0 amide bonds. The van der Waals surface area contributed by atoms with Crippen molar-refractivity contribution in [2.75, 3.05) is 37.7 Å².